The number of rotatable bonds is 5. The van der Waals surface area contributed by atoms with Gasteiger partial charge in [-0.1, -0.05) is 19.8 Å². The molecule has 0 aromatic heterocycles. The Morgan fingerprint density at radius 2 is 1.44 bits per heavy atom. The Morgan fingerprint density at radius 1 is 0.840 bits per heavy atom. The van der Waals surface area contributed by atoms with Crippen LogP contribution in [0.15, 0.2) is 0 Å². The predicted molar refractivity (Wildman–Crippen MR) is 98.3 cm³/mol. The zero-order chi connectivity index (χ0) is 17.6. The Labute approximate surface area is 151 Å². The van der Waals surface area contributed by atoms with Gasteiger partial charge in [0.05, 0.1) is 13.1 Å². The molecule has 0 aromatic rings. The smallest absolute Gasteiger partial charge is 0.236 e. The summed E-state index contributed by atoms with van der Waals surface area (Å²) < 4.78 is 0. The van der Waals surface area contributed by atoms with Crippen LogP contribution in [0, 0.1) is 5.92 Å². The van der Waals surface area contributed by atoms with Crippen LogP contribution < -0.4 is 5.32 Å². The maximum absolute atomic E-state index is 12.3. The van der Waals surface area contributed by atoms with Crippen molar-refractivity contribution in [2.75, 3.05) is 52.4 Å². The van der Waals surface area contributed by atoms with Gasteiger partial charge in [0.15, 0.2) is 0 Å². The molecule has 0 spiro atoms. The van der Waals surface area contributed by atoms with Crippen molar-refractivity contribution in [3.05, 3.63) is 0 Å². The minimum Gasteiger partial charge on any atom is -0.352 e. The largest absolute Gasteiger partial charge is 0.352 e. The van der Waals surface area contributed by atoms with Gasteiger partial charge in [-0.3, -0.25) is 19.4 Å². The first-order valence-electron chi connectivity index (χ1n) is 10.1. The Hall–Kier alpha value is -1.14. The molecule has 1 saturated carbocycles. The van der Waals surface area contributed by atoms with Crippen molar-refractivity contribution >= 4 is 11.8 Å². The summed E-state index contributed by atoms with van der Waals surface area (Å²) in [5.41, 5.74) is 0. The molecule has 2 saturated heterocycles. The van der Waals surface area contributed by atoms with E-state index in [0.717, 1.165) is 58.5 Å². The molecule has 3 aliphatic rings. The molecule has 0 bridgehead atoms. The highest BCUT2D eigenvalue weighted by atomic mass is 16.2. The van der Waals surface area contributed by atoms with E-state index >= 15 is 0 Å². The van der Waals surface area contributed by atoms with Crippen LogP contribution in [0.1, 0.15) is 45.4 Å². The van der Waals surface area contributed by atoms with Crippen LogP contribution >= 0.6 is 0 Å². The molecule has 2 unspecified atom stereocenters. The van der Waals surface area contributed by atoms with E-state index in [4.69, 9.17) is 0 Å². The lowest BCUT2D eigenvalue weighted by atomic mass is 9.86. The highest BCUT2D eigenvalue weighted by Gasteiger charge is 2.26. The molecule has 2 atom stereocenters. The summed E-state index contributed by atoms with van der Waals surface area (Å²) in [6.45, 7) is 8.66. The highest BCUT2D eigenvalue weighted by Crippen LogP contribution is 2.23. The van der Waals surface area contributed by atoms with Gasteiger partial charge in [0, 0.05) is 45.3 Å². The second-order valence-electron chi connectivity index (χ2n) is 8.08. The average Bonchev–Trinajstić information content (AvgIpc) is 3.13. The molecule has 1 N–H and O–H groups in total. The van der Waals surface area contributed by atoms with Gasteiger partial charge < -0.3 is 10.2 Å². The minimum absolute atomic E-state index is 0.167. The summed E-state index contributed by atoms with van der Waals surface area (Å²) in [5.74, 6) is 1.04. The van der Waals surface area contributed by atoms with Gasteiger partial charge in [-0.2, -0.15) is 0 Å². The minimum atomic E-state index is 0.167. The fraction of sp³-hybridized carbons (Fsp3) is 0.895. The molecule has 2 amide bonds. The van der Waals surface area contributed by atoms with E-state index in [-0.39, 0.29) is 11.8 Å². The normalized spacial score (nSPS) is 28.9. The first kappa shape index (κ1) is 18.6. The number of carbonyl (C=O) groups excluding carboxylic acids is 2. The fourth-order valence-corrected chi connectivity index (χ4v) is 4.35. The van der Waals surface area contributed by atoms with Gasteiger partial charge in [0.1, 0.15) is 0 Å². The van der Waals surface area contributed by atoms with Crippen molar-refractivity contribution in [2.24, 2.45) is 5.92 Å². The lowest BCUT2D eigenvalue weighted by Crippen LogP contribution is -2.53. The van der Waals surface area contributed by atoms with Crippen LogP contribution in [-0.2, 0) is 9.59 Å². The monoisotopic (exact) mass is 350 g/mol. The van der Waals surface area contributed by atoms with Gasteiger partial charge in [0.25, 0.3) is 0 Å². The Morgan fingerprint density at radius 3 is 2.08 bits per heavy atom. The topological polar surface area (TPSA) is 55.9 Å². The van der Waals surface area contributed by atoms with E-state index in [1.165, 1.54) is 19.3 Å². The van der Waals surface area contributed by atoms with Gasteiger partial charge in [0.2, 0.25) is 11.8 Å². The molecule has 0 aromatic carbocycles. The standard InChI is InChI=1S/C19H34N4O2/c1-16-6-2-3-7-17(16)20-18(24)14-21-10-12-22(13-11-21)15-19(25)23-8-4-5-9-23/h16-17H,2-15H2,1H3,(H,20,24). The zero-order valence-electron chi connectivity index (χ0n) is 15.7. The molecule has 0 radical (unpaired) electrons. The summed E-state index contributed by atoms with van der Waals surface area (Å²) in [5, 5.41) is 3.24. The van der Waals surface area contributed by atoms with E-state index in [2.05, 4.69) is 22.0 Å². The van der Waals surface area contributed by atoms with E-state index in [9.17, 15) is 9.59 Å². The Kier molecular flexibility index (Phi) is 6.70. The van der Waals surface area contributed by atoms with Crippen LogP contribution in [0.2, 0.25) is 0 Å². The lowest BCUT2D eigenvalue weighted by molar-refractivity contribution is -0.132. The first-order valence-corrected chi connectivity index (χ1v) is 10.1. The Bertz CT molecular complexity index is 456. The van der Waals surface area contributed by atoms with Crippen molar-refractivity contribution in [3.63, 3.8) is 0 Å². The van der Waals surface area contributed by atoms with Gasteiger partial charge in [-0.25, -0.2) is 0 Å². The maximum atomic E-state index is 12.3. The summed E-state index contributed by atoms with van der Waals surface area (Å²) in [7, 11) is 0. The molecule has 1 aliphatic carbocycles. The van der Waals surface area contributed by atoms with Gasteiger partial charge in [-0.05, 0) is 31.6 Å². The number of piperazine rings is 1. The van der Waals surface area contributed by atoms with E-state index < -0.39 is 0 Å². The van der Waals surface area contributed by atoms with Crippen LogP contribution in [0.3, 0.4) is 0 Å². The Balaban J connectivity index is 1.34. The molecule has 3 rings (SSSR count). The first-order chi connectivity index (χ1) is 12.1. The maximum Gasteiger partial charge on any atom is 0.236 e. The summed E-state index contributed by atoms with van der Waals surface area (Å²) in [6.07, 6.45) is 7.18. The number of hydrogen-bond acceptors (Lipinski definition) is 4. The quantitative estimate of drug-likeness (QED) is 0.801. The van der Waals surface area contributed by atoms with Gasteiger partial charge in [-0.15, -0.1) is 0 Å². The van der Waals surface area contributed by atoms with Gasteiger partial charge >= 0.3 is 0 Å². The molecule has 2 heterocycles. The van der Waals surface area contributed by atoms with E-state index in [0.29, 0.717) is 25.0 Å². The number of likely N-dealkylation sites (tertiary alicyclic amines) is 1. The number of nitrogens with zero attached hydrogens (tertiary/aromatic N) is 3. The van der Waals surface area contributed by atoms with Crippen LogP contribution in [0.4, 0.5) is 0 Å². The van der Waals surface area contributed by atoms with Crippen LogP contribution in [0.5, 0.6) is 0 Å². The SMILES string of the molecule is CC1CCCCC1NC(=O)CN1CCN(CC(=O)N2CCCC2)CC1. The van der Waals surface area contributed by atoms with E-state index in [1.54, 1.807) is 0 Å². The zero-order valence-corrected chi connectivity index (χ0v) is 15.7. The van der Waals surface area contributed by atoms with E-state index in [1.807, 2.05) is 4.90 Å². The number of carbonyl (C=O) groups is 2. The third-order valence-corrected chi connectivity index (χ3v) is 6.11. The molecular weight excluding hydrogens is 316 g/mol. The highest BCUT2D eigenvalue weighted by molar-refractivity contribution is 5.79. The fourth-order valence-electron chi connectivity index (χ4n) is 4.35. The number of amides is 2. The molecule has 6 heteroatoms. The van der Waals surface area contributed by atoms with Crippen molar-refractivity contribution in [2.45, 2.75) is 51.5 Å². The summed E-state index contributed by atoms with van der Waals surface area (Å²) in [6, 6.07) is 0.362. The van der Waals surface area contributed by atoms with Crippen LogP contribution in [-0.4, -0.2) is 84.9 Å². The summed E-state index contributed by atoms with van der Waals surface area (Å²) in [4.78, 5) is 31.0. The third kappa shape index (κ3) is 5.42. The van der Waals surface area contributed by atoms with Crippen LogP contribution in [0.25, 0.3) is 0 Å². The molecule has 3 fully saturated rings. The third-order valence-electron chi connectivity index (χ3n) is 6.11. The average molecular weight is 351 g/mol. The lowest BCUT2D eigenvalue weighted by Gasteiger charge is -2.35. The molecule has 25 heavy (non-hydrogen) atoms. The van der Waals surface area contributed by atoms with Crippen molar-refractivity contribution < 1.29 is 9.59 Å². The molecular formula is C19H34N4O2. The summed E-state index contributed by atoms with van der Waals surface area (Å²) >= 11 is 0. The van der Waals surface area contributed by atoms with Crippen molar-refractivity contribution in [1.82, 2.24) is 20.0 Å². The molecule has 142 valence electrons. The predicted octanol–water partition coefficient (Wildman–Crippen LogP) is 0.921. The second-order valence-corrected chi connectivity index (χ2v) is 8.08. The number of nitrogens with one attached hydrogen (secondary N) is 1. The second kappa shape index (κ2) is 8.99. The van der Waals surface area contributed by atoms with Crippen molar-refractivity contribution in [3.8, 4) is 0 Å². The number of hydrogen-bond donors (Lipinski definition) is 1. The molecule has 6 nitrogen and oxygen atoms in total. The van der Waals surface area contributed by atoms with Crippen molar-refractivity contribution in [1.29, 1.82) is 0 Å². The molecule has 2 aliphatic heterocycles.